The van der Waals surface area contributed by atoms with E-state index in [1.165, 1.54) is 11.8 Å². The number of rotatable bonds is 4. The number of amides is 1. The first-order valence-electron chi connectivity index (χ1n) is 8.12. The van der Waals surface area contributed by atoms with E-state index in [0.29, 0.717) is 5.92 Å². The van der Waals surface area contributed by atoms with Gasteiger partial charge in [0.1, 0.15) is 0 Å². The zero-order chi connectivity index (χ0) is 17.1. The van der Waals surface area contributed by atoms with E-state index in [-0.39, 0.29) is 17.9 Å². The Kier molecular flexibility index (Phi) is 4.64. The molecule has 0 radical (unpaired) electrons. The second kappa shape index (κ2) is 6.86. The van der Waals surface area contributed by atoms with Crippen molar-refractivity contribution in [3.63, 3.8) is 0 Å². The smallest absolute Gasteiger partial charge is 0.335 e. The van der Waals surface area contributed by atoms with E-state index in [1.54, 1.807) is 18.2 Å². The van der Waals surface area contributed by atoms with E-state index in [0.717, 1.165) is 31.5 Å². The predicted molar refractivity (Wildman–Crippen MR) is 88.9 cm³/mol. The first-order chi connectivity index (χ1) is 11.5. The molecule has 6 heteroatoms. The molecule has 0 saturated carbocycles. The van der Waals surface area contributed by atoms with Gasteiger partial charge >= 0.3 is 5.97 Å². The van der Waals surface area contributed by atoms with Crippen LogP contribution >= 0.6 is 0 Å². The highest BCUT2D eigenvalue weighted by atomic mass is 16.4. The molecule has 0 aliphatic carbocycles. The second-order valence-corrected chi connectivity index (χ2v) is 6.22. The first-order valence-corrected chi connectivity index (χ1v) is 8.12. The summed E-state index contributed by atoms with van der Waals surface area (Å²) in [7, 11) is 1.95. The Hall–Kier alpha value is -2.63. The van der Waals surface area contributed by atoms with Crippen LogP contribution in [0.5, 0.6) is 0 Å². The maximum Gasteiger partial charge on any atom is 0.335 e. The summed E-state index contributed by atoms with van der Waals surface area (Å²) in [4.78, 5) is 25.4. The van der Waals surface area contributed by atoms with Crippen LogP contribution in [-0.2, 0) is 18.3 Å². The van der Waals surface area contributed by atoms with E-state index in [4.69, 9.17) is 5.11 Å². The van der Waals surface area contributed by atoms with Crippen LogP contribution in [0.25, 0.3) is 0 Å². The number of aryl methyl sites for hydroxylation is 1. The minimum absolute atomic E-state index is 0.0565. The van der Waals surface area contributed by atoms with Crippen LogP contribution in [0.15, 0.2) is 36.5 Å². The number of piperidine rings is 1. The van der Waals surface area contributed by atoms with Crippen LogP contribution in [-0.4, -0.2) is 44.8 Å². The summed E-state index contributed by atoms with van der Waals surface area (Å²) in [6, 6.07) is 8.63. The molecule has 0 atom stereocenters. The fraction of sp³-hybridized carbons (Fsp3) is 0.389. The highest BCUT2D eigenvalue weighted by Gasteiger charge is 2.25. The number of benzene rings is 1. The van der Waals surface area contributed by atoms with E-state index in [1.807, 2.05) is 28.9 Å². The lowest BCUT2D eigenvalue weighted by molar-refractivity contribution is -0.131. The van der Waals surface area contributed by atoms with Gasteiger partial charge in [-0.05, 0) is 36.6 Å². The number of carbonyl (C=O) groups is 2. The molecule has 1 fully saturated rings. The Morgan fingerprint density at radius 3 is 2.62 bits per heavy atom. The molecular weight excluding hydrogens is 306 g/mol. The molecule has 3 rings (SSSR count). The minimum Gasteiger partial charge on any atom is -0.478 e. The molecular formula is C18H21N3O3. The van der Waals surface area contributed by atoms with Gasteiger partial charge < -0.3 is 10.0 Å². The largest absolute Gasteiger partial charge is 0.478 e. The van der Waals surface area contributed by atoms with Gasteiger partial charge in [0.05, 0.1) is 12.0 Å². The highest BCUT2D eigenvalue weighted by Crippen LogP contribution is 2.27. The molecule has 0 unspecified atom stereocenters. The van der Waals surface area contributed by atoms with Crippen LogP contribution < -0.4 is 0 Å². The van der Waals surface area contributed by atoms with Crippen LogP contribution in [0.3, 0.4) is 0 Å². The molecule has 126 valence electrons. The van der Waals surface area contributed by atoms with Crippen molar-refractivity contribution in [2.75, 3.05) is 13.1 Å². The lowest BCUT2D eigenvalue weighted by Gasteiger charge is -2.32. The van der Waals surface area contributed by atoms with Gasteiger partial charge in [-0.25, -0.2) is 4.79 Å². The third kappa shape index (κ3) is 3.48. The number of carboxylic acid groups (broad SMARTS) is 1. The molecule has 1 aromatic heterocycles. The number of carboxylic acids is 1. The van der Waals surface area contributed by atoms with Gasteiger partial charge in [-0.15, -0.1) is 0 Å². The van der Waals surface area contributed by atoms with Gasteiger partial charge in [0, 0.05) is 37.9 Å². The Labute approximate surface area is 140 Å². The molecule has 2 aromatic rings. The summed E-state index contributed by atoms with van der Waals surface area (Å²) in [6.45, 7) is 1.46. The molecule has 6 nitrogen and oxygen atoms in total. The van der Waals surface area contributed by atoms with Gasteiger partial charge in [-0.2, -0.15) is 5.10 Å². The van der Waals surface area contributed by atoms with Crippen LogP contribution in [0.1, 0.15) is 40.4 Å². The third-order valence-corrected chi connectivity index (χ3v) is 4.65. The molecule has 1 aromatic carbocycles. The van der Waals surface area contributed by atoms with E-state index < -0.39 is 5.97 Å². The summed E-state index contributed by atoms with van der Waals surface area (Å²) in [5, 5.41) is 13.2. The summed E-state index contributed by atoms with van der Waals surface area (Å²) >= 11 is 0. The number of aromatic carboxylic acids is 1. The molecule has 2 heterocycles. The van der Waals surface area contributed by atoms with Gasteiger partial charge in [0.25, 0.3) is 0 Å². The Balaban J connectivity index is 1.58. The number of hydrogen-bond donors (Lipinski definition) is 1. The summed E-state index contributed by atoms with van der Waals surface area (Å²) in [6.07, 6.45) is 3.92. The fourth-order valence-corrected chi connectivity index (χ4v) is 3.31. The van der Waals surface area contributed by atoms with Crippen molar-refractivity contribution in [2.45, 2.75) is 25.2 Å². The average molecular weight is 327 g/mol. The Morgan fingerprint density at radius 1 is 1.25 bits per heavy atom. The summed E-state index contributed by atoms with van der Waals surface area (Å²) in [5.41, 5.74) is 2.18. The van der Waals surface area contributed by atoms with E-state index in [2.05, 4.69) is 5.10 Å². The molecule has 0 bridgehead atoms. The minimum atomic E-state index is -0.971. The zero-order valence-electron chi connectivity index (χ0n) is 13.7. The van der Waals surface area contributed by atoms with Gasteiger partial charge in [0.15, 0.2) is 0 Å². The normalized spacial score (nSPS) is 15.5. The summed E-state index contributed by atoms with van der Waals surface area (Å²) < 4.78 is 1.90. The zero-order valence-corrected chi connectivity index (χ0v) is 13.7. The quantitative estimate of drug-likeness (QED) is 0.933. The monoisotopic (exact) mass is 327 g/mol. The molecule has 1 amide bonds. The van der Waals surface area contributed by atoms with Crippen molar-refractivity contribution in [1.82, 2.24) is 14.7 Å². The maximum absolute atomic E-state index is 12.5. The number of hydrogen-bond acceptors (Lipinski definition) is 3. The van der Waals surface area contributed by atoms with Crippen molar-refractivity contribution < 1.29 is 14.7 Å². The van der Waals surface area contributed by atoms with Crippen molar-refractivity contribution in [2.24, 2.45) is 7.05 Å². The SMILES string of the molecule is Cn1nccc1C1CCN(C(=O)Cc2cccc(C(=O)O)c2)CC1. The molecule has 0 spiro atoms. The van der Waals surface area contributed by atoms with Crippen molar-refractivity contribution in [1.29, 1.82) is 0 Å². The maximum atomic E-state index is 12.5. The van der Waals surface area contributed by atoms with E-state index >= 15 is 0 Å². The van der Waals surface area contributed by atoms with Crippen molar-refractivity contribution in [3.8, 4) is 0 Å². The molecule has 1 aliphatic rings. The first kappa shape index (κ1) is 16.2. The van der Waals surface area contributed by atoms with Gasteiger partial charge in [0.2, 0.25) is 5.91 Å². The van der Waals surface area contributed by atoms with Gasteiger partial charge in [-0.1, -0.05) is 12.1 Å². The topological polar surface area (TPSA) is 75.4 Å². The number of aromatic nitrogens is 2. The average Bonchev–Trinajstić information content (AvgIpc) is 3.01. The fourth-order valence-electron chi connectivity index (χ4n) is 3.31. The predicted octanol–water partition coefficient (Wildman–Crippen LogP) is 2.07. The lowest BCUT2D eigenvalue weighted by atomic mass is 9.93. The summed E-state index contributed by atoms with van der Waals surface area (Å²) in [5.74, 6) is -0.473. The van der Waals surface area contributed by atoms with Crippen LogP contribution in [0.4, 0.5) is 0 Å². The Bertz CT molecular complexity index is 745. The van der Waals surface area contributed by atoms with Crippen molar-refractivity contribution in [3.05, 3.63) is 53.3 Å². The van der Waals surface area contributed by atoms with Crippen LogP contribution in [0, 0.1) is 0 Å². The highest BCUT2D eigenvalue weighted by molar-refractivity contribution is 5.88. The number of nitrogens with zero attached hydrogens (tertiary/aromatic N) is 3. The molecule has 1 N–H and O–H groups in total. The molecule has 1 aliphatic heterocycles. The standard InChI is InChI=1S/C18H21N3O3/c1-20-16(5-8-19-20)14-6-9-21(10-7-14)17(22)12-13-3-2-4-15(11-13)18(23)24/h2-5,8,11,14H,6-7,9-10,12H2,1H3,(H,23,24). The van der Waals surface area contributed by atoms with Gasteiger partial charge in [-0.3, -0.25) is 9.48 Å². The molecule has 24 heavy (non-hydrogen) atoms. The van der Waals surface area contributed by atoms with E-state index in [9.17, 15) is 9.59 Å². The second-order valence-electron chi connectivity index (χ2n) is 6.22. The number of carbonyl (C=O) groups excluding carboxylic acids is 1. The number of likely N-dealkylation sites (tertiary alicyclic amines) is 1. The molecule has 1 saturated heterocycles. The Morgan fingerprint density at radius 2 is 2.00 bits per heavy atom. The third-order valence-electron chi connectivity index (χ3n) is 4.65. The van der Waals surface area contributed by atoms with Crippen LogP contribution in [0.2, 0.25) is 0 Å². The lowest BCUT2D eigenvalue weighted by Crippen LogP contribution is -2.39. The van der Waals surface area contributed by atoms with Crippen molar-refractivity contribution >= 4 is 11.9 Å².